The van der Waals surface area contributed by atoms with E-state index in [0.717, 1.165) is 38.0 Å². The number of hydrogen-bond acceptors (Lipinski definition) is 5. The molecule has 0 spiro atoms. The summed E-state index contributed by atoms with van der Waals surface area (Å²) >= 11 is 0. The molecule has 1 unspecified atom stereocenters. The molecule has 1 N–H and O–H groups in total. The van der Waals surface area contributed by atoms with Crippen LogP contribution in [-0.2, 0) is 7.05 Å². The van der Waals surface area contributed by atoms with Crippen LogP contribution in [0.15, 0.2) is 12.1 Å². The lowest BCUT2D eigenvalue weighted by atomic mass is 10.0. The number of carbonyl (C=O) groups excluding carboxylic acids is 1. The van der Waals surface area contributed by atoms with Gasteiger partial charge in [-0.2, -0.15) is 0 Å². The third-order valence-electron chi connectivity index (χ3n) is 5.85. The summed E-state index contributed by atoms with van der Waals surface area (Å²) in [6.45, 7) is 5.38. The Bertz CT molecular complexity index is 804. The Morgan fingerprint density at radius 2 is 2.03 bits per heavy atom. The molecule has 2 aromatic rings. The zero-order valence-corrected chi connectivity index (χ0v) is 18.1. The van der Waals surface area contributed by atoms with Crippen molar-refractivity contribution in [3.63, 3.8) is 0 Å². The maximum atomic E-state index is 13.2. The molecule has 1 fully saturated rings. The van der Waals surface area contributed by atoms with Gasteiger partial charge in [-0.15, -0.1) is 5.10 Å². The smallest absolute Gasteiger partial charge is 0.255 e. The quantitative estimate of drug-likeness (QED) is 0.802. The maximum Gasteiger partial charge on any atom is 0.255 e. The molecular formula is C22H35N5O2. The minimum absolute atomic E-state index is 0.0908. The van der Waals surface area contributed by atoms with Gasteiger partial charge in [0, 0.05) is 25.7 Å². The highest BCUT2D eigenvalue weighted by molar-refractivity contribution is 6.00. The first kappa shape index (κ1) is 21.6. The molecule has 1 aliphatic rings. The zero-order chi connectivity index (χ0) is 20.6. The molecule has 1 saturated heterocycles. The van der Waals surface area contributed by atoms with Crippen LogP contribution in [0.25, 0.3) is 11.0 Å². The number of nitrogens with one attached hydrogen (secondary N) is 1. The number of hydrogen-bond donors (Lipinski definition) is 1. The first-order valence-electron chi connectivity index (χ1n) is 11.0. The second-order valence-electron chi connectivity index (χ2n) is 8.14. The number of ether oxygens (including phenoxy) is 1. The van der Waals surface area contributed by atoms with Crippen LogP contribution in [0.4, 0.5) is 0 Å². The van der Waals surface area contributed by atoms with Crippen molar-refractivity contribution in [2.24, 2.45) is 7.05 Å². The van der Waals surface area contributed by atoms with Crippen molar-refractivity contribution < 1.29 is 9.53 Å². The Kier molecular flexibility index (Phi) is 7.86. The van der Waals surface area contributed by atoms with E-state index in [0.29, 0.717) is 16.8 Å². The van der Waals surface area contributed by atoms with Gasteiger partial charge in [-0.3, -0.25) is 4.79 Å². The largest absolute Gasteiger partial charge is 0.496 e. The number of unbranched alkanes of at least 4 members (excludes halogenated alkanes) is 1. The minimum Gasteiger partial charge on any atom is -0.496 e. The van der Waals surface area contributed by atoms with Crippen molar-refractivity contribution in [3.8, 4) is 5.75 Å². The van der Waals surface area contributed by atoms with Crippen molar-refractivity contribution >= 4 is 16.9 Å². The molecule has 0 radical (unpaired) electrons. The number of nitrogens with zero attached hydrogens (tertiary/aromatic N) is 4. The van der Waals surface area contributed by atoms with E-state index in [-0.39, 0.29) is 11.9 Å². The fourth-order valence-corrected chi connectivity index (χ4v) is 4.12. The summed E-state index contributed by atoms with van der Waals surface area (Å²) in [6, 6.07) is 3.77. The molecule has 1 aliphatic heterocycles. The van der Waals surface area contributed by atoms with Crippen LogP contribution in [0.2, 0.25) is 0 Å². The molecule has 1 atom stereocenters. The summed E-state index contributed by atoms with van der Waals surface area (Å²) < 4.78 is 7.19. The minimum atomic E-state index is -0.0908. The van der Waals surface area contributed by atoms with Gasteiger partial charge in [0.25, 0.3) is 5.91 Å². The average Bonchev–Trinajstić information content (AvgIpc) is 3.09. The normalized spacial score (nSPS) is 19.2. The Hall–Kier alpha value is -2.15. The van der Waals surface area contributed by atoms with Crippen LogP contribution < -0.4 is 10.1 Å². The maximum absolute atomic E-state index is 13.2. The van der Waals surface area contributed by atoms with E-state index < -0.39 is 0 Å². The van der Waals surface area contributed by atoms with E-state index in [1.54, 1.807) is 17.9 Å². The second kappa shape index (κ2) is 10.6. The molecule has 0 aliphatic carbocycles. The molecular weight excluding hydrogens is 366 g/mol. The number of amides is 1. The highest BCUT2D eigenvalue weighted by Gasteiger charge is 2.21. The Morgan fingerprint density at radius 3 is 2.83 bits per heavy atom. The lowest BCUT2D eigenvalue weighted by Crippen LogP contribution is -2.44. The van der Waals surface area contributed by atoms with Crippen molar-refractivity contribution in [1.29, 1.82) is 0 Å². The average molecular weight is 402 g/mol. The molecule has 1 amide bonds. The van der Waals surface area contributed by atoms with Crippen LogP contribution in [0.1, 0.15) is 68.6 Å². The summed E-state index contributed by atoms with van der Waals surface area (Å²) in [7, 11) is 3.43. The van der Waals surface area contributed by atoms with E-state index >= 15 is 0 Å². The molecule has 0 saturated carbocycles. The van der Waals surface area contributed by atoms with Gasteiger partial charge in [-0.05, 0) is 38.4 Å². The fraction of sp³-hybridized carbons (Fsp3) is 0.682. The fourth-order valence-electron chi connectivity index (χ4n) is 4.12. The zero-order valence-electron chi connectivity index (χ0n) is 18.1. The molecule has 2 heterocycles. The molecule has 160 valence electrons. The number of carbonyl (C=O) groups is 1. The van der Waals surface area contributed by atoms with E-state index in [1.165, 1.54) is 38.5 Å². The summed E-state index contributed by atoms with van der Waals surface area (Å²) in [5, 5.41) is 11.5. The number of methoxy groups -OCH3 is 1. The standard InChI is InChI=1S/C22H35N5O2/c1-4-5-12-27-13-10-8-6-7-9-11-17(16-27)23-22(28)18-14-19-20(15-21(18)29-3)26(2)25-24-19/h14-15,17H,4-13,16H2,1-3H3,(H,23,28). The number of rotatable bonds is 6. The number of fused-ring (bicyclic) bond motifs is 1. The number of aromatic nitrogens is 3. The van der Waals surface area contributed by atoms with E-state index in [4.69, 9.17) is 4.74 Å². The van der Waals surface area contributed by atoms with Gasteiger partial charge in [0.1, 0.15) is 11.3 Å². The number of benzene rings is 1. The van der Waals surface area contributed by atoms with Gasteiger partial charge in [-0.1, -0.05) is 44.2 Å². The van der Waals surface area contributed by atoms with Crippen LogP contribution in [0.5, 0.6) is 5.75 Å². The van der Waals surface area contributed by atoms with Crippen molar-refractivity contribution in [2.45, 2.75) is 64.3 Å². The van der Waals surface area contributed by atoms with Gasteiger partial charge < -0.3 is 15.0 Å². The van der Waals surface area contributed by atoms with Crippen molar-refractivity contribution in [3.05, 3.63) is 17.7 Å². The van der Waals surface area contributed by atoms with Gasteiger partial charge in [0.05, 0.1) is 18.2 Å². The van der Waals surface area contributed by atoms with Crippen LogP contribution in [0.3, 0.4) is 0 Å². The molecule has 1 aromatic carbocycles. The monoisotopic (exact) mass is 401 g/mol. The first-order valence-corrected chi connectivity index (χ1v) is 11.0. The predicted molar refractivity (Wildman–Crippen MR) is 115 cm³/mol. The first-order chi connectivity index (χ1) is 14.1. The highest BCUT2D eigenvalue weighted by atomic mass is 16.5. The molecule has 29 heavy (non-hydrogen) atoms. The SMILES string of the molecule is CCCCN1CCCCCCCC(NC(=O)c2cc3nnn(C)c3cc2OC)C1. The van der Waals surface area contributed by atoms with Crippen molar-refractivity contribution in [2.75, 3.05) is 26.7 Å². The third kappa shape index (κ3) is 5.69. The molecule has 7 heteroatoms. The van der Waals surface area contributed by atoms with E-state index in [2.05, 4.69) is 27.5 Å². The summed E-state index contributed by atoms with van der Waals surface area (Å²) in [6.07, 6.45) is 9.68. The lowest BCUT2D eigenvalue weighted by molar-refractivity contribution is 0.0915. The van der Waals surface area contributed by atoms with Gasteiger partial charge in [-0.25, -0.2) is 4.68 Å². The van der Waals surface area contributed by atoms with Gasteiger partial charge >= 0.3 is 0 Å². The van der Waals surface area contributed by atoms with Crippen LogP contribution in [-0.4, -0.2) is 58.6 Å². The second-order valence-corrected chi connectivity index (χ2v) is 8.14. The lowest BCUT2D eigenvalue weighted by Gasteiger charge is -2.29. The Morgan fingerprint density at radius 1 is 1.24 bits per heavy atom. The molecule has 0 bridgehead atoms. The number of aryl methyl sites for hydroxylation is 1. The van der Waals surface area contributed by atoms with E-state index in [9.17, 15) is 4.79 Å². The third-order valence-corrected chi connectivity index (χ3v) is 5.85. The summed E-state index contributed by atoms with van der Waals surface area (Å²) in [4.78, 5) is 15.7. The van der Waals surface area contributed by atoms with Crippen molar-refractivity contribution in [1.82, 2.24) is 25.2 Å². The predicted octanol–water partition coefficient (Wildman–Crippen LogP) is 3.53. The highest BCUT2D eigenvalue weighted by Crippen LogP contribution is 2.25. The molecule has 3 rings (SSSR count). The van der Waals surface area contributed by atoms with Gasteiger partial charge in [0.15, 0.2) is 0 Å². The molecule has 7 nitrogen and oxygen atoms in total. The topological polar surface area (TPSA) is 72.3 Å². The van der Waals surface area contributed by atoms with Crippen LogP contribution in [0, 0.1) is 0 Å². The summed E-state index contributed by atoms with van der Waals surface area (Å²) in [5.74, 6) is 0.468. The Labute approximate surface area is 173 Å². The molecule has 1 aromatic heterocycles. The summed E-state index contributed by atoms with van der Waals surface area (Å²) in [5.41, 5.74) is 2.08. The van der Waals surface area contributed by atoms with Gasteiger partial charge in [0.2, 0.25) is 0 Å². The van der Waals surface area contributed by atoms with Crippen LogP contribution >= 0.6 is 0 Å². The Balaban J connectivity index is 1.76. The van der Waals surface area contributed by atoms with E-state index in [1.807, 2.05) is 13.1 Å².